The summed E-state index contributed by atoms with van der Waals surface area (Å²) in [5, 5.41) is 7.49. The van der Waals surface area contributed by atoms with Gasteiger partial charge in [0.05, 0.1) is 24.0 Å². The molecule has 0 saturated carbocycles. The zero-order chi connectivity index (χ0) is 18.6. The molecule has 1 fully saturated rings. The fourth-order valence-electron chi connectivity index (χ4n) is 3.31. The van der Waals surface area contributed by atoms with Gasteiger partial charge in [-0.15, -0.1) is 11.3 Å². The minimum atomic E-state index is 0.0616. The van der Waals surface area contributed by atoms with E-state index < -0.39 is 0 Å². The molecule has 0 bridgehead atoms. The predicted molar refractivity (Wildman–Crippen MR) is 107 cm³/mol. The average Bonchev–Trinajstić information content (AvgIpc) is 3.25. The van der Waals surface area contributed by atoms with E-state index >= 15 is 0 Å². The Hall–Kier alpha value is -2.67. The first-order chi connectivity index (χ1) is 13.2. The van der Waals surface area contributed by atoms with Crippen LogP contribution < -0.4 is 4.90 Å². The Kier molecular flexibility index (Phi) is 5.20. The number of rotatable bonds is 4. The Morgan fingerprint density at radius 3 is 2.78 bits per heavy atom. The number of anilines is 1. The Morgan fingerprint density at radius 1 is 1.15 bits per heavy atom. The molecule has 6 nitrogen and oxygen atoms in total. The van der Waals surface area contributed by atoms with Crippen molar-refractivity contribution < 1.29 is 4.79 Å². The maximum Gasteiger partial charge on any atom is 0.257 e. The molecule has 1 amide bonds. The quantitative estimate of drug-likeness (QED) is 0.697. The lowest BCUT2D eigenvalue weighted by atomic mass is 10.2. The number of benzene rings is 1. The van der Waals surface area contributed by atoms with Crippen LogP contribution in [0.1, 0.15) is 28.0 Å². The molecule has 0 atom stereocenters. The summed E-state index contributed by atoms with van der Waals surface area (Å²) in [5.41, 5.74) is 2.88. The lowest BCUT2D eigenvalue weighted by Crippen LogP contribution is -2.35. The van der Waals surface area contributed by atoms with Crippen molar-refractivity contribution in [2.75, 3.05) is 31.1 Å². The van der Waals surface area contributed by atoms with Gasteiger partial charge in [-0.05, 0) is 18.9 Å². The molecular weight excluding hydrogens is 358 g/mol. The third kappa shape index (κ3) is 4.19. The van der Waals surface area contributed by atoms with Crippen LogP contribution in [0.4, 0.5) is 5.13 Å². The van der Waals surface area contributed by atoms with Crippen LogP contribution in [-0.2, 0) is 6.54 Å². The van der Waals surface area contributed by atoms with Crippen LogP contribution in [-0.4, -0.2) is 51.8 Å². The monoisotopic (exact) mass is 381 g/mol. The van der Waals surface area contributed by atoms with Crippen LogP contribution in [0, 0.1) is 6.92 Å². The van der Waals surface area contributed by atoms with Crippen molar-refractivity contribution in [3.63, 3.8) is 0 Å². The van der Waals surface area contributed by atoms with Crippen molar-refractivity contribution in [2.45, 2.75) is 19.9 Å². The Balaban J connectivity index is 1.39. The Labute approximate surface area is 163 Å². The molecular formula is C20H23N5OS. The summed E-state index contributed by atoms with van der Waals surface area (Å²) in [6, 6.07) is 10.1. The zero-order valence-electron chi connectivity index (χ0n) is 15.4. The van der Waals surface area contributed by atoms with E-state index in [9.17, 15) is 4.79 Å². The third-order valence-electron chi connectivity index (χ3n) is 4.73. The summed E-state index contributed by atoms with van der Waals surface area (Å²) in [6.45, 7) is 5.91. The largest absolute Gasteiger partial charge is 0.346 e. The fourth-order valence-corrected chi connectivity index (χ4v) is 4.17. The molecule has 0 unspecified atom stereocenters. The third-order valence-corrected chi connectivity index (χ3v) is 5.75. The van der Waals surface area contributed by atoms with Crippen LogP contribution in [0.15, 0.2) is 48.1 Å². The van der Waals surface area contributed by atoms with Gasteiger partial charge in [-0.2, -0.15) is 5.10 Å². The molecule has 1 aliphatic rings. The number of thiazole rings is 1. The van der Waals surface area contributed by atoms with Crippen LogP contribution in [0.3, 0.4) is 0 Å². The van der Waals surface area contributed by atoms with Gasteiger partial charge in [0, 0.05) is 37.8 Å². The van der Waals surface area contributed by atoms with Crippen molar-refractivity contribution in [2.24, 2.45) is 0 Å². The van der Waals surface area contributed by atoms with Gasteiger partial charge < -0.3 is 9.80 Å². The lowest BCUT2D eigenvalue weighted by Gasteiger charge is -2.21. The summed E-state index contributed by atoms with van der Waals surface area (Å²) in [7, 11) is 0. The average molecular weight is 382 g/mol. The van der Waals surface area contributed by atoms with Gasteiger partial charge in [-0.25, -0.2) is 4.98 Å². The van der Waals surface area contributed by atoms with Gasteiger partial charge in [0.15, 0.2) is 5.13 Å². The highest BCUT2D eigenvalue weighted by Crippen LogP contribution is 2.22. The van der Waals surface area contributed by atoms with Gasteiger partial charge in [0.2, 0.25) is 0 Å². The normalized spacial score (nSPS) is 15.0. The number of aryl methyl sites for hydroxylation is 1. The van der Waals surface area contributed by atoms with E-state index in [4.69, 9.17) is 0 Å². The van der Waals surface area contributed by atoms with E-state index in [2.05, 4.69) is 32.5 Å². The van der Waals surface area contributed by atoms with Crippen LogP contribution in [0.2, 0.25) is 0 Å². The van der Waals surface area contributed by atoms with Crippen molar-refractivity contribution in [3.8, 4) is 0 Å². The van der Waals surface area contributed by atoms with E-state index in [1.807, 2.05) is 40.9 Å². The molecule has 4 rings (SSSR count). The van der Waals surface area contributed by atoms with Crippen molar-refractivity contribution in [1.82, 2.24) is 19.7 Å². The lowest BCUT2D eigenvalue weighted by molar-refractivity contribution is 0.0767. The molecule has 140 valence electrons. The summed E-state index contributed by atoms with van der Waals surface area (Å²) < 4.78 is 1.82. The predicted octanol–water partition coefficient (Wildman–Crippen LogP) is 3.05. The maximum absolute atomic E-state index is 12.9. The smallest absolute Gasteiger partial charge is 0.257 e. The second-order valence-electron chi connectivity index (χ2n) is 6.82. The minimum Gasteiger partial charge on any atom is -0.346 e. The molecule has 3 aromatic rings. The first-order valence-electron chi connectivity index (χ1n) is 9.22. The highest BCUT2D eigenvalue weighted by atomic mass is 32.1. The van der Waals surface area contributed by atoms with E-state index in [0.29, 0.717) is 18.7 Å². The van der Waals surface area contributed by atoms with Gasteiger partial charge in [0.25, 0.3) is 5.91 Å². The van der Waals surface area contributed by atoms with Crippen molar-refractivity contribution in [1.29, 1.82) is 0 Å². The Morgan fingerprint density at radius 2 is 2.00 bits per heavy atom. The number of amides is 1. The number of nitrogens with zero attached hydrogens (tertiary/aromatic N) is 5. The highest BCUT2D eigenvalue weighted by molar-refractivity contribution is 7.13. The van der Waals surface area contributed by atoms with Crippen LogP contribution in [0.5, 0.6) is 0 Å². The van der Waals surface area contributed by atoms with Crippen molar-refractivity contribution >= 4 is 22.4 Å². The summed E-state index contributed by atoms with van der Waals surface area (Å²) in [5.74, 6) is 0.0616. The van der Waals surface area contributed by atoms with Gasteiger partial charge in [-0.3, -0.25) is 9.48 Å². The summed E-state index contributed by atoms with van der Waals surface area (Å²) in [4.78, 5) is 21.7. The number of carbonyl (C=O) groups is 1. The van der Waals surface area contributed by atoms with E-state index in [-0.39, 0.29) is 5.91 Å². The Bertz CT molecular complexity index is 904. The molecule has 27 heavy (non-hydrogen) atoms. The number of aromatic nitrogens is 3. The molecule has 2 aromatic heterocycles. The number of carbonyl (C=O) groups excluding carboxylic acids is 1. The van der Waals surface area contributed by atoms with Crippen LogP contribution in [0.25, 0.3) is 0 Å². The number of hydrogen-bond donors (Lipinski definition) is 0. The SMILES string of the molecule is Cc1csc(N2CCCN(C(=O)c3cnn(Cc4ccccc4)c3)CC2)n1. The maximum atomic E-state index is 12.9. The molecule has 0 aliphatic carbocycles. The minimum absolute atomic E-state index is 0.0616. The van der Waals surface area contributed by atoms with Crippen LogP contribution >= 0.6 is 11.3 Å². The molecule has 1 aliphatic heterocycles. The second kappa shape index (κ2) is 7.92. The molecule has 1 saturated heterocycles. The van der Waals surface area contributed by atoms with E-state index in [0.717, 1.165) is 36.9 Å². The first kappa shape index (κ1) is 17.7. The van der Waals surface area contributed by atoms with Gasteiger partial charge >= 0.3 is 0 Å². The second-order valence-corrected chi connectivity index (χ2v) is 7.65. The molecule has 7 heteroatoms. The molecule has 0 N–H and O–H groups in total. The molecule has 3 heterocycles. The summed E-state index contributed by atoms with van der Waals surface area (Å²) >= 11 is 1.67. The summed E-state index contributed by atoms with van der Waals surface area (Å²) in [6.07, 6.45) is 4.48. The van der Waals surface area contributed by atoms with E-state index in [1.54, 1.807) is 17.5 Å². The topological polar surface area (TPSA) is 54.3 Å². The zero-order valence-corrected chi connectivity index (χ0v) is 16.2. The molecule has 0 spiro atoms. The van der Waals surface area contributed by atoms with E-state index in [1.165, 1.54) is 5.56 Å². The molecule has 1 aromatic carbocycles. The standard InChI is InChI=1S/C20H23N5OS/c1-16-15-27-20(22-16)24-9-5-8-23(10-11-24)19(26)18-12-21-25(14-18)13-17-6-3-2-4-7-17/h2-4,6-7,12,14-15H,5,8-11,13H2,1H3. The fraction of sp³-hybridized carbons (Fsp3) is 0.350. The van der Waals surface area contributed by atoms with Gasteiger partial charge in [0.1, 0.15) is 0 Å². The number of hydrogen-bond acceptors (Lipinski definition) is 5. The first-order valence-corrected chi connectivity index (χ1v) is 10.1. The molecule has 0 radical (unpaired) electrons. The highest BCUT2D eigenvalue weighted by Gasteiger charge is 2.22. The van der Waals surface area contributed by atoms with Gasteiger partial charge in [-0.1, -0.05) is 30.3 Å². The van der Waals surface area contributed by atoms with Crippen molar-refractivity contribution in [3.05, 3.63) is 64.9 Å².